The number of esters is 1. The van der Waals surface area contributed by atoms with Crippen LogP contribution in [0.3, 0.4) is 0 Å². The average molecular weight is 401 g/mol. The molecule has 0 aliphatic heterocycles. The van der Waals surface area contributed by atoms with Crippen LogP contribution in [0.2, 0.25) is 0 Å². The molecule has 0 bridgehead atoms. The summed E-state index contributed by atoms with van der Waals surface area (Å²) in [7, 11) is 0. The molecule has 30 heavy (non-hydrogen) atoms. The summed E-state index contributed by atoms with van der Waals surface area (Å²) in [6, 6.07) is 20.2. The van der Waals surface area contributed by atoms with Gasteiger partial charge in [-0.2, -0.15) is 0 Å². The predicted octanol–water partition coefficient (Wildman–Crippen LogP) is 3.92. The van der Waals surface area contributed by atoms with Crippen molar-refractivity contribution in [3.8, 4) is 11.5 Å². The lowest BCUT2D eigenvalue weighted by Crippen LogP contribution is -2.31. The Morgan fingerprint density at radius 1 is 1.03 bits per heavy atom. The van der Waals surface area contributed by atoms with Gasteiger partial charge in [-0.05, 0) is 47.5 Å². The molecule has 1 heterocycles. The van der Waals surface area contributed by atoms with E-state index in [4.69, 9.17) is 9.15 Å². The first-order valence-corrected chi connectivity index (χ1v) is 9.42. The van der Waals surface area contributed by atoms with Gasteiger partial charge in [-0.15, -0.1) is 10.2 Å². The van der Waals surface area contributed by atoms with E-state index in [1.54, 1.807) is 24.3 Å². The molecule has 0 aliphatic rings. The van der Waals surface area contributed by atoms with E-state index in [-0.39, 0.29) is 18.6 Å². The highest BCUT2D eigenvalue weighted by molar-refractivity contribution is 5.92. The smallest absolute Gasteiger partial charge is 0.338 e. The second kappa shape index (κ2) is 8.57. The number of rotatable bonds is 6. The number of ether oxygens (including phenoxy) is 1. The number of nitrogens with zero attached hydrogens (tertiary/aromatic N) is 2. The third-order valence-corrected chi connectivity index (χ3v) is 4.73. The molecule has 1 amide bonds. The van der Waals surface area contributed by atoms with Crippen molar-refractivity contribution in [1.29, 1.82) is 0 Å². The fourth-order valence-corrected chi connectivity index (χ4v) is 3.25. The summed E-state index contributed by atoms with van der Waals surface area (Å²) in [4.78, 5) is 24.5. The number of aromatic nitrogens is 2. The predicted molar refractivity (Wildman–Crippen MR) is 111 cm³/mol. The first-order chi connectivity index (χ1) is 14.6. The Kier molecular flexibility index (Phi) is 5.52. The molecule has 0 unspecified atom stereocenters. The molecule has 3 aromatic carbocycles. The Hall–Kier alpha value is -4.00. The van der Waals surface area contributed by atoms with E-state index in [0.29, 0.717) is 17.0 Å². The van der Waals surface area contributed by atoms with Crippen molar-refractivity contribution in [1.82, 2.24) is 15.5 Å². The van der Waals surface area contributed by atoms with Gasteiger partial charge in [0.25, 0.3) is 5.91 Å². The van der Waals surface area contributed by atoms with Gasteiger partial charge in [-0.3, -0.25) is 4.79 Å². The van der Waals surface area contributed by atoms with Crippen molar-refractivity contribution in [3.05, 3.63) is 84.3 Å². The topological polar surface area (TPSA) is 94.3 Å². The molecule has 4 rings (SSSR count). The molecule has 0 aliphatic carbocycles. The Bertz CT molecular complexity index is 1170. The maximum Gasteiger partial charge on any atom is 0.338 e. The van der Waals surface area contributed by atoms with E-state index in [2.05, 4.69) is 15.5 Å². The van der Waals surface area contributed by atoms with E-state index in [1.807, 2.05) is 49.4 Å². The van der Waals surface area contributed by atoms with Crippen LogP contribution < -0.4 is 5.32 Å². The van der Waals surface area contributed by atoms with Gasteiger partial charge in [-0.25, -0.2) is 4.79 Å². The van der Waals surface area contributed by atoms with Crippen molar-refractivity contribution < 1.29 is 18.7 Å². The van der Waals surface area contributed by atoms with Crippen LogP contribution >= 0.6 is 0 Å². The summed E-state index contributed by atoms with van der Waals surface area (Å²) in [6.45, 7) is 1.54. The standard InChI is InChI=1S/C23H19N3O4/c1-15(19-8-4-6-16-5-2-3-7-20(16)19)25-21(27)13-29-23(28)18-11-9-17(10-12-18)22-26-24-14-30-22/h2-12,14-15H,13H2,1H3,(H,25,27)/t15-/m0/s1. The van der Waals surface area contributed by atoms with Crippen LogP contribution in [-0.4, -0.2) is 28.7 Å². The summed E-state index contributed by atoms with van der Waals surface area (Å²) in [5.74, 6) is -0.594. The highest BCUT2D eigenvalue weighted by Gasteiger charge is 2.15. The Morgan fingerprint density at radius 3 is 2.57 bits per heavy atom. The van der Waals surface area contributed by atoms with E-state index >= 15 is 0 Å². The van der Waals surface area contributed by atoms with Crippen LogP contribution in [0.25, 0.3) is 22.2 Å². The van der Waals surface area contributed by atoms with Gasteiger partial charge in [0.05, 0.1) is 11.6 Å². The second-order valence-electron chi connectivity index (χ2n) is 6.75. The molecule has 7 nitrogen and oxygen atoms in total. The van der Waals surface area contributed by atoms with E-state index in [0.717, 1.165) is 16.3 Å². The fraction of sp³-hybridized carbons (Fsp3) is 0.130. The fourth-order valence-electron chi connectivity index (χ4n) is 3.25. The molecule has 0 saturated heterocycles. The number of fused-ring (bicyclic) bond motifs is 1. The van der Waals surface area contributed by atoms with E-state index in [9.17, 15) is 9.59 Å². The van der Waals surface area contributed by atoms with Crippen molar-refractivity contribution in [2.45, 2.75) is 13.0 Å². The number of amides is 1. The Morgan fingerprint density at radius 2 is 1.80 bits per heavy atom. The van der Waals surface area contributed by atoms with E-state index in [1.165, 1.54) is 6.39 Å². The molecule has 150 valence electrons. The molecule has 0 radical (unpaired) electrons. The van der Waals surface area contributed by atoms with Crippen molar-refractivity contribution in [3.63, 3.8) is 0 Å². The molecule has 7 heteroatoms. The van der Waals surface area contributed by atoms with Crippen LogP contribution in [0, 0.1) is 0 Å². The zero-order valence-electron chi connectivity index (χ0n) is 16.2. The third kappa shape index (κ3) is 4.20. The Labute approximate surface area is 172 Å². The van der Waals surface area contributed by atoms with Gasteiger partial charge >= 0.3 is 5.97 Å². The zero-order chi connectivity index (χ0) is 20.9. The first kappa shape index (κ1) is 19.3. The summed E-state index contributed by atoms with van der Waals surface area (Å²) in [6.07, 6.45) is 1.23. The quantitative estimate of drug-likeness (QED) is 0.492. The van der Waals surface area contributed by atoms with Gasteiger partial charge in [-0.1, -0.05) is 42.5 Å². The lowest BCUT2D eigenvalue weighted by atomic mass is 10.00. The van der Waals surface area contributed by atoms with Crippen molar-refractivity contribution in [2.24, 2.45) is 0 Å². The highest BCUT2D eigenvalue weighted by atomic mass is 16.5. The van der Waals surface area contributed by atoms with Crippen molar-refractivity contribution in [2.75, 3.05) is 6.61 Å². The number of nitrogens with one attached hydrogen (secondary N) is 1. The largest absolute Gasteiger partial charge is 0.452 e. The minimum Gasteiger partial charge on any atom is -0.452 e. The third-order valence-electron chi connectivity index (χ3n) is 4.73. The second-order valence-corrected chi connectivity index (χ2v) is 6.75. The number of hydrogen-bond acceptors (Lipinski definition) is 6. The lowest BCUT2D eigenvalue weighted by Gasteiger charge is -2.16. The average Bonchev–Trinajstić information content (AvgIpc) is 3.32. The lowest BCUT2D eigenvalue weighted by molar-refractivity contribution is -0.124. The molecule has 0 spiro atoms. The van der Waals surface area contributed by atoms with Gasteiger partial charge in [0, 0.05) is 5.56 Å². The summed E-state index contributed by atoms with van der Waals surface area (Å²) >= 11 is 0. The summed E-state index contributed by atoms with van der Waals surface area (Å²) in [5, 5.41) is 12.5. The zero-order valence-corrected chi connectivity index (χ0v) is 16.2. The molecule has 0 fully saturated rings. The summed E-state index contributed by atoms with van der Waals surface area (Å²) < 4.78 is 10.3. The van der Waals surface area contributed by atoms with Crippen LogP contribution in [0.15, 0.2) is 77.5 Å². The van der Waals surface area contributed by atoms with Crippen LogP contribution in [0.5, 0.6) is 0 Å². The van der Waals surface area contributed by atoms with Crippen LogP contribution in [0.4, 0.5) is 0 Å². The molecule has 4 aromatic rings. The van der Waals surface area contributed by atoms with Gasteiger partial charge in [0.15, 0.2) is 6.61 Å². The van der Waals surface area contributed by atoms with E-state index < -0.39 is 5.97 Å². The molecule has 1 aromatic heterocycles. The number of benzene rings is 3. The number of carbonyl (C=O) groups excluding carboxylic acids is 2. The Balaban J connectivity index is 1.34. The van der Waals surface area contributed by atoms with Crippen molar-refractivity contribution >= 4 is 22.6 Å². The number of carbonyl (C=O) groups is 2. The van der Waals surface area contributed by atoms with Crippen LogP contribution in [0.1, 0.15) is 28.9 Å². The molecule has 0 saturated carbocycles. The molecule has 1 N–H and O–H groups in total. The van der Waals surface area contributed by atoms with Gasteiger partial charge < -0.3 is 14.5 Å². The summed E-state index contributed by atoms with van der Waals surface area (Å²) in [5.41, 5.74) is 2.02. The maximum absolute atomic E-state index is 12.3. The minimum atomic E-state index is -0.583. The maximum atomic E-state index is 12.3. The van der Waals surface area contributed by atoms with Gasteiger partial charge in [0.1, 0.15) is 0 Å². The molecule has 1 atom stereocenters. The SMILES string of the molecule is C[C@H](NC(=O)COC(=O)c1ccc(-c2nnco2)cc1)c1cccc2ccccc12. The minimum absolute atomic E-state index is 0.226. The van der Waals surface area contributed by atoms with Crippen LogP contribution in [-0.2, 0) is 9.53 Å². The molecular weight excluding hydrogens is 382 g/mol. The highest BCUT2D eigenvalue weighted by Crippen LogP contribution is 2.24. The molecular formula is C23H19N3O4. The normalized spacial score (nSPS) is 11.8. The van der Waals surface area contributed by atoms with Gasteiger partial charge in [0.2, 0.25) is 12.3 Å². The monoisotopic (exact) mass is 401 g/mol. The first-order valence-electron chi connectivity index (χ1n) is 9.42. The number of hydrogen-bond donors (Lipinski definition) is 1.